The largest absolute Gasteiger partial charge is 0.478 e. The lowest BCUT2D eigenvalue weighted by Gasteiger charge is -2.33. The van der Waals surface area contributed by atoms with Crippen LogP contribution in [0.3, 0.4) is 0 Å². The molecule has 8 aromatic rings. The van der Waals surface area contributed by atoms with Gasteiger partial charge in [0.05, 0.1) is 0 Å². The Kier molecular flexibility index (Phi) is 23.1. The lowest BCUT2D eigenvalue weighted by Crippen LogP contribution is -2.33. The predicted octanol–water partition coefficient (Wildman–Crippen LogP) is 15.1. The Morgan fingerprint density at radius 1 is 0.269 bits per heavy atom. The maximum absolute atomic E-state index is 5.92. The maximum atomic E-state index is 5.92. The number of ether oxygens (including phenoxy) is 8. The van der Waals surface area contributed by atoms with Gasteiger partial charge in [0.1, 0.15) is 99.8 Å². The maximum Gasteiger partial charge on any atom is 0.142 e. The number of hydrogen-bond donors (Lipinski definition) is 0. The van der Waals surface area contributed by atoms with Gasteiger partial charge in [-0.1, -0.05) is 125 Å². The van der Waals surface area contributed by atoms with Crippen molar-refractivity contribution < 1.29 is 37.9 Å². The number of hydrogen-bond acceptors (Lipinski definition) is 16. The van der Waals surface area contributed by atoms with Gasteiger partial charge >= 0.3 is 0 Å². The normalized spacial score (nSPS) is 17.3. The molecule has 8 aliphatic rings. The summed E-state index contributed by atoms with van der Waals surface area (Å²) >= 11 is 0. The highest BCUT2D eigenvalue weighted by Gasteiger charge is 2.31. The van der Waals surface area contributed by atoms with Crippen LogP contribution in [0.5, 0.6) is 46.0 Å². The number of fused-ring (bicyclic) bond motifs is 8. The van der Waals surface area contributed by atoms with Crippen molar-refractivity contribution in [2.75, 3.05) is 108 Å². The topological polar surface area (TPSA) is 99.8 Å². The molecule has 0 saturated heterocycles. The minimum Gasteiger partial charge on any atom is -0.478 e. The fourth-order valence-electron chi connectivity index (χ4n) is 14.8. The standard InChI is InChI=1S/C25H30N2O2.C23H26N2O2.C21H26N2O2.C19H22N2O2/c1-5-11-26-15-19-13-21(7-9-23(19)28-17-26)25(3,4)22-8-10-24-20(14-22)16-27(12-6-2)18-29-24;1-3-9-24-14-20-12-18(5-7-22(20)26-16-24)11-19-6-8-23-21(13-19)15-25(10-4-2)17-27-23;1-21(2,17-5-7-19-15(9-17)11-22(3)13-24-19)18-6-8-20-16(10-18)12-23(4)14-25-20;1-20-10-16-8-14(3-5-18(16)22-12-20)7-15-4-6-19-17(9-15)11-21(2)13-23-19/h5-10,13-14H,1-2,11-12,15-18H2,3-4H3;3-8,12-13H,1-2,9-11,14-17H2;5-10H,11-14H2,1-4H3;3-6,8-9H,7,10-13H2,1-2H3. The second-order valence-electron chi connectivity index (χ2n) is 30.1. The molecule has 0 fully saturated rings. The summed E-state index contributed by atoms with van der Waals surface area (Å²) < 4.78 is 46.6. The zero-order chi connectivity index (χ0) is 72.5. The third kappa shape index (κ3) is 17.6. The summed E-state index contributed by atoms with van der Waals surface area (Å²) in [6.07, 6.45) is 9.53. The molecule has 0 spiro atoms. The van der Waals surface area contributed by atoms with Crippen molar-refractivity contribution in [1.82, 2.24) is 39.2 Å². The molecule has 0 atom stereocenters. The molecule has 8 aliphatic heterocycles. The predicted molar refractivity (Wildman–Crippen MR) is 414 cm³/mol. The molecule has 0 saturated carbocycles. The van der Waals surface area contributed by atoms with Crippen LogP contribution in [0.4, 0.5) is 0 Å². The first-order valence-electron chi connectivity index (χ1n) is 36.5. The first-order chi connectivity index (χ1) is 50.4. The Hall–Kier alpha value is -9.20. The van der Waals surface area contributed by atoms with E-state index in [0.29, 0.717) is 53.8 Å². The monoisotopic (exact) mass is 1400 g/mol. The van der Waals surface area contributed by atoms with Crippen LogP contribution in [0, 0.1) is 0 Å². The van der Waals surface area contributed by atoms with Crippen molar-refractivity contribution in [3.8, 4) is 46.0 Å². The molecule has 8 heterocycles. The summed E-state index contributed by atoms with van der Waals surface area (Å²) in [5, 5.41) is 0. The zero-order valence-electron chi connectivity index (χ0n) is 62.4. The Balaban J connectivity index is 0.000000124. The first-order valence-corrected chi connectivity index (χ1v) is 36.5. The molecule has 16 nitrogen and oxygen atoms in total. The van der Waals surface area contributed by atoms with Crippen LogP contribution in [0.15, 0.2) is 196 Å². The van der Waals surface area contributed by atoms with Gasteiger partial charge in [-0.25, -0.2) is 0 Å². The molecule has 0 amide bonds. The Morgan fingerprint density at radius 2 is 0.462 bits per heavy atom. The van der Waals surface area contributed by atoms with Gasteiger partial charge in [-0.3, -0.25) is 39.2 Å². The third-order valence-electron chi connectivity index (χ3n) is 20.7. The third-order valence-corrected chi connectivity index (χ3v) is 20.7. The molecule has 16 heteroatoms. The average Bonchev–Trinajstić information content (AvgIpc) is 0.812. The van der Waals surface area contributed by atoms with Gasteiger partial charge in [0.25, 0.3) is 0 Å². The summed E-state index contributed by atoms with van der Waals surface area (Å²) in [5.41, 5.74) is 20.3. The molecule has 0 radical (unpaired) electrons. The van der Waals surface area contributed by atoms with Gasteiger partial charge in [0.15, 0.2) is 0 Å². The summed E-state index contributed by atoms with van der Waals surface area (Å²) in [6, 6.07) is 52.6. The van der Waals surface area contributed by atoms with Crippen LogP contribution in [0.2, 0.25) is 0 Å². The number of benzene rings is 8. The van der Waals surface area contributed by atoms with Crippen molar-refractivity contribution in [2.24, 2.45) is 0 Å². The minimum atomic E-state index is -0.120. The zero-order valence-corrected chi connectivity index (χ0v) is 62.4. The van der Waals surface area contributed by atoms with Gasteiger partial charge in [-0.2, -0.15) is 0 Å². The van der Waals surface area contributed by atoms with Crippen LogP contribution in [-0.4, -0.2) is 147 Å². The molecule has 104 heavy (non-hydrogen) atoms. The summed E-state index contributed by atoms with van der Waals surface area (Å²) in [5.74, 6) is 8.04. The van der Waals surface area contributed by atoms with Crippen molar-refractivity contribution in [3.63, 3.8) is 0 Å². The highest BCUT2D eigenvalue weighted by molar-refractivity contribution is 5.52. The fourth-order valence-corrected chi connectivity index (χ4v) is 14.8. The fraction of sp³-hybridized carbons (Fsp3) is 0.364. The molecule has 0 N–H and O–H groups in total. The van der Waals surface area contributed by atoms with E-state index >= 15 is 0 Å². The highest BCUT2D eigenvalue weighted by Crippen LogP contribution is 2.41. The van der Waals surface area contributed by atoms with E-state index in [1.54, 1.807) is 0 Å². The Labute approximate surface area is 617 Å². The molecule has 8 aromatic carbocycles. The number of rotatable bonds is 16. The summed E-state index contributed by atoms with van der Waals surface area (Å²) in [7, 11) is 8.33. The molecule has 0 aromatic heterocycles. The van der Waals surface area contributed by atoms with Crippen LogP contribution in [-0.2, 0) is 76.0 Å². The molecule has 0 unspecified atom stereocenters. The quantitative estimate of drug-likeness (QED) is 0.0857. The molecule has 0 bridgehead atoms. The average molecular weight is 1400 g/mol. The van der Waals surface area contributed by atoms with E-state index in [-0.39, 0.29) is 10.8 Å². The van der Waals surface area contributed by atoms with E-state index in [1.165, 1.54) is 89.0 Å². The Bertz CT molecular complexity index is 4130. The van der Waals surface area contributed by atoms with Crippen molar-refractivity contribution in [3.05, 3.63) is 285 Å². The van der Waals surface area contributed by atoms with Gasteiger partial charge in [0.2, 0.25) is 0 Å². The van der Waals surface area contributed by atoms with E-state index in [0.717, 1.165) is 137 Å². The van der Waals surface area contributed by atoms with E-state index in [2.05, 4.69) is 267 Å². The van der Waals surface area contributed by atoms with Gasteiger partial charge in [-0.05, 0) is 158 Å². The Morgan fingerprint density at radius 3 is 0.692 bits per heavy atom. The van der Waals surface area contributed by atoms with E-state index in [4.69, 9.17) is 37.9 Å². The SMILES string of the molecule is C=CCN1COc2ccc(C(C)(C)c3ccc4c(c3)CN(CC=C)CO4)cc2C1.C=CCN1COc2ccc(Cc3ccc4c(c3)CN(CC=C)CO4)cc2C1.CN1COc2ccc(C(C)(C)c3ccc4c(c3)CN(C)CO4)cc2C1.CN1COc2ccc(Cc3ccc4c(c3)CN(C)CO4)cc2C1. The van der Waals surface area contributed by atoms with Crippen LogP contribution >= 0.6 is 0 Å². The van der Waals surface area contributed by atoms with E-state index in [1.807, 2.05) is 24.3 Å². The van der Waals surface area contributed by atoms with Gasteiger partial charge in [0, 0.05) is 134 Å². The molecule has 0 aliphatic carbocycles. The lowest BCUT2D eigenvalue weighted by molar-refractivity contribution is 0.107. The summed E-state index contributed by atoms with van der Waals surface area (Å²) in [6.45, 7) is 40.3. The molecular formula is C88H104N8O8. The van der Waals surface area contributed by atoms with E-state index < -0.39 is 0 Å². The number of nitrogens with zero attached hydrogens (tertiary/aromatic N) is 8. The van der Waals surface area contributed by atoms with Gasteiger partial charge < -0.3 is 37.9 Å². The van der Waals surface area contributed by atoms with Gasteiger partial charge in [-0.15, -0.1) is 26.3 Å². The molecule has 544 valence electrons. The van der Waals surface area contributed by atoms with Crippen molar-refractivity contribution in [1.29, 1.82) is 0 Å². The molecular weight excluding hydrogens is 1300 g/mol. The summed E-state index contributed by atoms with van der Waals surface area (Å²) in [4.78, 5) is 17.7. The minimum absolute atomic E-state index is 0.0733. The first kappa shape index (κ1) is 73.1. The second-order valence-corrected chi connectivity index (χ2v) is 30.1. The molecule has 16 rings (SSSR count). The van der Waals surface area contributed by atoms with Crippen LogP contribution in [0.1, 0.15) is 117 Å². The second kappa shape index (κ2) is 32.9. The van der Waals surface area contributed by atoms with Crippen LogP contribution < -0.4 is 37.9 Å². The lowest BCUT2D eigenvalue weighted by atomic mass is 9.77. The van der Waals surface area contributed by atoms with Crippen molar-refractivity contribution >= 4 is 0 Å². The van der Waals surface area contributed by atoms with E-state index in [9.17, 15) is 0 Å². The highest BCUT2D eigenvalue weighted by atomic mass is 16.5. The van der Waals surface area contributed by atoms with Crippen LogP contribution in [0.25, 0.3) is 0 Å². The smallest absolute Gasteiger partial charge is 0.142 e. The van der Waals surface area contributed by atoms with Crippen molar-refractivity contribution in [2.45, 2.75) is 104 Å².